The molecule has 4 nitrogen and oxygen atoms in total. The van der Waals surface area contributed by atoms with E-state index in [1.165, 1.54) is 0 Å². The predicted octanol–water partition coefficient (Wildman–Crippen LogP) is -0.909. The van der Waals surface area contributed by atoms with Gasteiger partial charge in [-0.25, -0.2) is 0 Å². The van der Waals surface area contributed by atoms with Crippen molar-refractivity contribution < 1.29 is 9.00 Å². The molecule has 1 saturated heterocycles. The number of hydrogen-bond acceptors (Lipinski definition) is 3. The summed E-state index contributed by atoms with van der Waals surface area (Å²) >= 11 is 0. The zero-order valence-corrected chi connectivity index (χ0v) is 8.65. The second kappa shape index (κ2) is 5.34. The van der Waals surface area contributed by atoms with Crippen molar-refractivity contribution in [1.82, 2.24) is 10.6 Å². The van der Waals surface area contributed by atoms with Crippen LogP contribution in [0.3, 0.4) is 0 Å². The van der Waals surface area contributed by atoms with Gasteiger partial charge in [-0.3, -0.25) is 9.00 Å². The number of hydrogen-bond donors (Lipinski definition) is 2. The molecule has 1 fully saturated rings. The lowest BCUT2D eigenvalue weighted by Gasteiger charge is -2.26. The average Bonchev–Trinajstić information content (AvgIpc) is 2.07. The second-order valence-electron chi connectivity index (χ2n) is 3.26. The molecule has 0 bridgehead atoms. The first-order valence-corrected chi connectivity index (χ1v) is 5.97. The lowest BCUT2D eigenvalue weighted by Crippen LogP contribution is -2.45. The van der Waals surface area contributed by atoms with Crippen LogP contribution in [-0.2, 0) is 15.6 Å². The van der Waals surface area contributed by atoms with Gasteiger partial charge < -0.3 is 10.6 Å². The van der Waals surface area contributed by atoms with Gasteiger partial charge in [-0.05, 0) is 5.92 Å². The molecular weight excluding hydrogens is 188 g/mol. The summed E-state index contributed by atoms with van der Waals surface area (Å²) in [5.41, 5.74) is 0. The van der Waals surface area contributed by atoms with E-state index in [1.807, 2.05) is 0 Å². The second-order valence-corrected chi connectivity index (χ2v) is 4.88. The molecule has 1 heterocycles. The van der Waals surface area contributed by atoms with Gasteiger partial charge >= 0.3 is 0 Å². The highest BCUT2D eigenvalue weighted by molar-refractivity contribution is 7.85. The minimum atomic E-state index is -0.822. The number of rotatable bonds is 5. The number of carbonyl (C=O) groups excluding carboxylic acids is 1. The van der Waals surface area contributed by atoms with Crippen molar-refractivity contribution in [2.24, 2.45) is 5.92 Å². The third kappa shape index (κ3) is 3.87. The van der Waals surface area contributed by atoms with Crippen LogP contribution < -0.4 is 10.6 Å². The number of carbonyl (C=O) groups is 1. The fourth-order valence-electron chi connectivity index (χ4n) is 1.14. The molecule has 1 unspecified atom stereocenters. The average molecular weight is 204 g/mol. The van der Waals surface area contributed by atoms with E-state index in [4.69, 9.17) is 0 Å². The van der Waals surface area contributed by atoms with Crippen LogP contribution in [-0.4, -0.2) is 41.8 Å². The van der Waals surface area contributed by atoms with E-state index in [2.05, 4.69) is 10.6 Å². The molecule has 0 aromatic heterocycles. The Labute approximate surface area is 80.9 Å². The van der Waals surface area contributed by atoms with E-state index in [0.29, 0.717) is 18.1 Å². The van der Waals surface area contributed by atoms with Gasteiger partial charge in [0.1, 0.15) is 0 Å². The van der Waals surface area contributed by atoms with E-state index >= 15 is 0 Å². The van der Waals surface area contributed by atoms with E-state index in [9.17, 15) is 9.00 Å². The van der Waals surface area contributed by atoms with E-state index in [-0.39, 0.29) is 5.91 Å². The third-order valence-corrected chi connectivity index (χ3v) is 3.63. The van der Waals surface area contributed by atoms with Crippen molar-refractivity contribution in [3.8, 4) is 0 Å². The smallest absolute Gasteiger partial charge is 0.220 e. The van der Waals surface area contributed by atoms with Gasteiger partial charge in [0, 0.05) is 48.9 Å². The van der Waals surface area contributed by atoms with E-state index in [0.717, 1.165) is 18.8 Å². The standard InChI is InChI=1S/C8H16N2O2S/c1-9-8(11)2-3-13(12)6-7-4-10-5-7/h7,10H,2-6H2,1H3,(H,9,11). The lowest BCUT2D eigenvalue weighted by atomic mass is 10.1. The van der Waals surface area contributed by atoms with Crippen LogP contribution in [0.2, 0.25) is 0 Å². The van der Waals surface area contributed by atoms with Gasteiger partial charge in [0.15, 0.2) is 0 Å². The SMILES string of the molecule is CNC(=O)CCS(=O)CC1CNC1. The first-order chi connectivity index (χ1) is 6.22. The summed E-state index contributed by atoms with van der Waals surface area (Å²) in [6, 6.07) is 0. The van der Waals surface area contributed by atoms with Crippen LogP contribution >= 0.6 is 0 Å². The summed E-state index contributed by atoms with van der Waals surface area (Å²) in [5, 5.41) is 5.64. The molecule has 5 heteroatoms. The summed E-state index contributed by atoms with van der Waals surface area (Å²) in [6.45, 7) is 1.96. The van der Waals surface area contributed by atoms with Crippen molar-refractivity contribution in [2.45, 2.75) is 6.42 Å². The molecule has 0 aliphatic carbocycles. The Kier molecular flexibility index (Phi) is 4.38. The zero-order valence-electron chi connectivity index (χ0n) is 7.84. The number of nitrogens with one attached hydrogen (secondary N) is 2. The maximum atomic E-state index is 11.4. The molecule has 1 amide bonds. The first-order valence-electron chi connectivity index (χ1n) is 4.48. The molecule has 0 aromatic carbocycles. The van der Waals surface area contributed by atoms with E-state index < -0.39 is 10.8 Å². The predicted molar refractivity (Wildman–Crippen MR) is 52.9 cm³/mol. The molecule has 76 valence electrons. The Bertz CT molecular complexity index is 204. The highest BCUT2D eigenvalue weighted by Crippen LogP contribution is 2.05. The summed E-state index contributed by atoms with van der Waals surface area (Å²) in [6.07, 6.45) is 0.378. The Morgan fingerprint density at radius 3 is 2.77 bits per heavy atom. The van der Waals surface area contributed by atoms with Gasteiger partial charge in [-0.2, -0.15) is 0 Å². The summed E-state index contributed by atoms with van der Waals surface area (Å²) in [5.74, 6) is 1.77. The molecule has 1 aliphatic heterocycles. The van der Waals surface area contributed by atoms with Gasteiger partial charge in [0.2, 0.25) is 5.91 Å². The Balaban J connectivity index is 2.06. The molecule has 1 atom stereocenters. The van der Waals surface area contributed by atoms with Gasteiger partial charge in [0.05, 0.1) is 0 Å². The molecule has 0 radical (unpaired) electrons. The quantitative estimate of drug-likeness (QED) is 0.609. The minimum Gasteiger partial charge on any atom is -0.359 e. The largest absolute Gasteiger partial charge is 0.359 e. The van der Waals surface area contributed by atoms with Crippen molar-refractivity contribution >= 4 is 16.7 Å². The fourth-order valence-corrected chi connectivity index (χ4v) is 2.49. The topological polar surface area (TPSA) is 58.2 Å². The monoisotopic (exact) mass is 204 g/mol. The molecule has 0 aromatic rings. The van der Waals surface area contributed by atoms with Crippen molar-refractivity contribution in [1.29, 1.82) is 0 Å². The molecule has 1 rings (SSSR count). The number of amides is 1. The normalized spacial score (nSPS) is 19.2. The Hall–Kier alpha value is -0.420. The maximum absolute atomic E-state index is 11.4. The fraction of sp³-hybridized carbons (Fsp3) is 0.875. The molecule has 2 N–H and O–H groups in total. The molecule has 13 heavy (non-hydrogen) atoms. The Morgan fingerprint density at radius 2 is 2.31 bits per heavy atom. The minimum absolute atomic E-state index is 0.0277. The molecule has 0 saturated carbocycles. The maximum Gasteiger partial charge on any atom is 0.220 e. The summed E-state index contributed by atoms with van der Waals surface area (Å²) in [4.78, 5) is 10.8. The van der Waals surface area contributed by atoms with Crippen LogP contribution in [0.5, 0.6) is 0 Å². The van der Waals surface area contributed by atoms with Gasteiger partial charge in [-0.1, -0.05) is 0 Å². The van der Waals surface area contributed by atoms with Crippen LogP contribution in [0, 0.1) is 5.92 Å². The zero-order chi connectivity index (χ0) is 9.68. The van der Waals surface area contributed by atoms with Gasteiger partial charge in [0.25, 0.3) is 0 Å². The molecule has 1 aliphatic rings. The van der Waals surface area contributed by atoms with E-state index in [1.54, 1.807) is 7.05 Å². The lowest BCUT2D eigenvalue weighted by molar-refractivity contribution is -0.120. The summed E-state index contributed by atoms with van der Waals surface area (Å²) in [7, 11) is 0.777. The highest BCUT2D eigenvalue weighted by atomic mass is 32.2. The van der Waals surface area contributed by atoms with Crippen LogP contribution in [0.1, 0.15) is 6.42 Å². The van der Waals surface area contributed by atoms with Crippen molar-refractivity contribution in [3.63, 3.8) is 0 Å². The highest BCUT2D eigenvalue weighted by Gasteiger charge is 2.19. The first kappa shape index (κ1) is 10.7. The third-order valence-electron chi connectivity index (χ3n) is 2.12. The van der Waals surface area contributed by atoms with Crippen molar-refractivity contribution in [2.75, 3.05) is 31.6 Å². The van der Waals surface area contributed by atoms with Crippen LogP contribution in [0.4, 0.5) is 0 Å². The van der Waals surface area contributed by atoms with Crippen molar-refractivity contribution in [3.05, 3.63) is 0 Å². The Morgan fingerprint density at radius 1 is 1.62 bits per heavy atom. The van der Waals surface area contributed by atoms with Crippen LogP contribution in [0.15, 0.2) is 0 Å². The molecule has 0 spiro atoms. The molecular formula is C8H16N2O2S. The summed E-state index contributed by atoms with van der Waals surface area (Å²) < 4.78 is 11.4. The van der Waals surface area contributed by atoms with Crippen LogP contribution in [0.25, 0.3) is 0 Å². The van der Waals surface area contributed by atoms with Gasteiger partial charge in [-0.15, -0.1) is 0 Å².